The first-order chi connectivity index (χ1) is 32.4. The van der Waals surface area contributed by atoms with Crippen LogP contribution >= 0.6 is 92.8 Å². The van der Waals surface area contributed by atoms with E-state index in [-0.39, 0.29) is 107 Å². The Morgan fingerprint density at radius 1 is 0.382 bits per heavy atom. The zero-order chi connectivity index (χ0) is 48.6. The molecular weight excluding hydrogens is 1050 g/mol. The third-order valence-corrected chi connectivity index (χ3v) is 13.3. The molecule has 0 aliphatic carbocycles. The van der Waals surface area contributed by atoms with Gasteiger partial charge in [-0.05, 0) is 48.5 Å². The van der Waals surface area contributed by atoms with Gasteiger partial charge in [0.05, 0.1) is 82.3 Å². The van der Waals surface area contributed by atoms with E-state index in [1.54, 1.807) is 0 Å². The van der Waals surface area contributed by atoms with Crippen LogP contribution in [0.3, 0.4) is 0 Å². The Bertz CT molecular complexity index is 3400. The molecule has 5 heterocycles. The number of aromatic amines is 2. The monoisotopic (exact) mass is 1070 g/mol. The van der Waals surface area contributed by atoms with Crippen molar-refractivity contribution in [2.24, 2.45) is 0 Å². The van der Waals surface area contributed by atoms with Gasteiger partial charge in [0.15, 0.2) is 11.4 Å². The van der Waals surface area contributed by atoms with Crippen LogP contribution in [0.5, 0.6) is 0 Å². The van der Waals surface area contributed by atoms with E-state index in [1.807, 2.05) is 0 Å². The summed E-state index contributed by atoms with van der Waals surface area (Å²) in [4.78, 5) is 65.6. The van der Waals surface area contributed by atoms with Crippen molar-refractivity contribution in [3.05, 3.63) is 188 Å². The van der Waals surface area contributed by atoms with Gasteiger partial charge in [-0.3, -0.25) is 40.5 Å². The highest BCUT2D eigenvalue weighted by molar-refractivity contribution is 6.42. The van der Waals surface area contributed by atoms with Gasteiger partial charge in [0.1, 0.15) is 11.0 Å². The maximum absolute atomic E-state index is 13.3. The number of nitrogens with zero attached hydrogens (tertiary/aromatic N) is 6. The summed E-state index contributed by atoms with van der Waals surface area (Å²) >= 11 is 54.7. The average Bonchev–Trinajstić information content (AvgIpc) is 4.09. The standard InChI is InChI=1S/C44H18Cl8N8O8/c45-17-5-1-6-18(46)33(17)37-25-13-30(58(63)64)42(53-25)39(35-21(49)9-3-10-22(35)50)27-15-32(60(67)68)44(55-27)40(36-23(51)11-4-12-24(36)52)28-16-31(59(65)66)43(56-28)38(34-19(47)7-2-8-20(34)48)26-14-29(57(61)62)41(37)54-26/h1-16,53,56H. The lowest BCUT2D eigenvalue weighted by molar-refractivity contribution is -0.383. The van der Waals surface area contributed by atoms with Gasteiger partial charge >= 0.3 is 0 Å². The fraction of sp³-hybridized carbons (Fsp3) is 0. The molecule has 0 spiro atoms. The molecule has 3 aromatic heterocycles. The number of halogens is 8. The molecule has 0 saturated carbocycles. The first-order valence-electron chi connectivity index (χ1n) is 19.0. The molecule has 7 aromatic rings. The number of fused-ring (bicyclic) bond motifs is 8. The van der Waals surface area contributed by atoms with Gasteiger partial charge in [0, 0.05) is 68.8 Å². The van der Waals surface area contributed by atoms with Crippen molar-refractivity contribution in [2.45, 2.75) is 0 Å². The van der Waals surface area contributed by atoms with Crippen LogP contribution in [0.1, 0.15) is 22.8 Å². The van der Waals surface area contributed by atoms with Crippen LogP contribution in [-0.2, 0) is 0 Å². The van der Waals surface area contributed by atoms with Crippen molar-refractivity contribution < 1.29 is 19.7 Å². The molecule has 4 aromatic carbocycles. The summed E-state index contributed by atoms with van der Waals surface area (Å²) in [7, 11) is 0. The van der Waals surface area contributed by atoms with Gasteiger partial charge in [0.2, 0.25) is 0 Å². The predicted molar refractivity (Wildman–Crippen MR) is 266 cm³/mol. The van der Waals surface area contributed by atoms with Gasteiger partial charge in [-0.25, -0.2) is 9.97 Å². The molecule has 8 bridgehead atoms. The number of hydrogen-bond donors (Lipinski definition) is 2. The molecule has 2 aliphatic heterocycles. The maximum Gasteiger partial charge on any atom is 0.297 e. The lowest BCUT2D eigenvalue weighted by Crippen LogP contribution is -1.99. The molecular formula is C44H18Cl8N8O8. The van der Waals surface area contributed by atoms with Gasteiger partial charge in [-0.1, -0.05) is 117 Å². The Labute approximate surface area is 419 Å². The number of benzene rings is 4. The van der Waals surface area contributed by atoms with Gasteiger partial charge in [-0.15, -0.1) is 0 Å². The number of nitrogens with one attached hydrogen (secondary N) is 2. The molecule has 0 saturated heterocycles. The van der Waals surface area contributed by atoms with E-state index in [2.05, 4.69) is 9.97 Å². The molecule has 0 radical (unpaired) electrons. The van der Waals surface area contributed by atoms with E-state index in [0.717, 1.165) is 24.3 Å². The second-order valence-electron chi connectivity index (χ2n) is 14.6. The second-order valence-corrected chi connectivity index (χ2v) is 17.8. The minimum absolute atomic E-state index is 0.0971. The van der Waals surface area contributed by atoms with Gasteiger partial charge < -0.3 is 9.97 Å². The first kappa shape index (κ1) is 46.5. The molecule has 0 amide bonds. The predicted octanol–water partition coefficient (Wildman–Crippen LogP) is 15.6. The maximum atomic E-state index is 13.3. The zero-order valence-electron chi connectivity index (χ0n) is 33.2. The number of aromatic nitrogens is 4. The number of nitro groups is 4. The zero-order valence-corrected chi connectivity index (χ0v) is 39.3. The topological polar surface area (TPSA) is 230 Å². The van der Waals surface area contributed by atoms with Crippen LogP contribution in [-0.4, -0.2) is 39.6 Å². The molecule has 0 unspecified atom stereocenters. The number of rotatable bonds is 8. The van der Waals surface area contributed by atoms with E-state index in [0.29, 0.717) is 0 Å². The van der Waals surface area contributed by atoms with Crippen molar-refractivity contribution in [1.82, 2.24) is 19.9 Å². The largest absolute Gasteiger partial charge is 0.349 e. The minimum Gasteiger partial charge on any atom is -0.349 e. The third kappa shape index (κ3) is 7.78. The highest BCUT2D eigenvalue weighted by Gasteiger charge is 2.36. The van der Waals surface area contributed by atoms with Crippen molar-refractivity contribution >= 4 is 150 Å². The lowest BCUT2D eigenvalue weighted by atomic mass is 10.0. The molecule has 24 heteroatoms. The molecule has 0 fully saturated rings. The molecule has 338 valence electrons. The van der Waals surface area contributed by atoms with Crippen LogP contribution in [0.2, 0.25) is 40.2 Å². The highest BCUT2D eigenvalue weighted by Crippen LogP contribution is 2.50. The number of H-pyrrole nitrogens is 2. The van der Waals surface area contributed by atoms with Crippen LogP contribution in [0, 0.1) is 40.5 Å². The summed E-state index contributed by atoms with van der Waals surface area (Å²) < 4.78 is 0. The number of hydrogen-bond acceptors (Lipinski definition) is 10. The lowest BCUT2D eigenvalue weighted by Gasteiger charge is -2.11. The van der Waals surface area contributed by atoms with Crippen molar-refractivity contribution in [3.8, 4) is 44.5 Å². The van der Waals surface area contributed by atoms with Gasteiger partial charge in [-0.2, -0.15) is 0 Å². The summed E-state index contributed by atoms with van der Waals surface area (Å²) in [6, 6.07) is 19.2. The minimum atomic E-state index is -0.802. The normalized spacial score (nSPS) is 12.2. The fourth-order valence-corrected chi connectivity index (χ4v) is 10.4. The van der Waals surface area contributed by atoms with E-state index >= 15 is 0 Å². The Morgan fingerprint density at radius 3 is 0.897 bits per heavy atom. The van der Waals surface area contributed by atoms with Crippen molar-refractivity contribution in [3.63, 3.8) is 0 Å². The Kier molecular flexibility index (Phi) is 12.2. The van der Waals surface area contributed by atoms with E-state index in [9.17, 15) is 40.5 Å². The van der Waals surface area contributed by atoms with Crippen molar-refractivity contribution in [1.29, 1.82) is 0 Å². The quantitative estimate of drug-likeness (QED) is 0.108. The Morgan fingerprint density at radius 2 is 0.647 bits per heavy atom. The van der Waals surface area contributed by atoms with Crippen LogP contribution in [0.25, 0.3) is 90.1 Å². The van der Waals surface area contributed by atoms with E-state index in [4.69, 9.17) is 103 Å². The summed E-state index contributed by atoms with van der Waals surface area (Å²) in [5.41, 5.74) is -7.45. The summed E-state index contributed by atoms with van der Waals surface area (Å²) in [6.07, 6.45) is 1.98. The highest BCUT2D eigenvalue weighted by atomic mass is 35.5. The van der Waals surface area contributed by atoms with Crippen LogP contribution in [0.15, 0.2) is 84.9 Å². The summed E-state index contributed by atoms with van der Waals surface area (Å²) in [6.45, 7) is 0. The third-order valence-electron chi connectivity index (χ3n) is 10.8. The molecule has 68 heavy (non-hydrogen) atoms. The van der Waals surface area contributed by atoms with Gasteiger partial charge in [0.25, 0.3) is 22.8 Å². The smallest absolute Gasteiger partial charge is 0.297 e. The first-order valence-corrected chi connectivity index (χ1v) is 22.1. The molecule has 16 nitrogen and oxygen atoms in total. The Hall–Kier alpha value is -6.60. The second kappa shape index (κ2) is 17.8. The Balaban J connectivity index is 1.71. The molecule has 9 rings (SSSR count). The van der Waals surface area contributed by atoms with E-state index < -0.39 is 64.9 Å². The van der Waals surface area contributed by atoms with Crippen molar-refractivity contribution in [2.75, 3.05) is 0 Å². The summed E-state index contributed by atoms with van der Waals surface area (Å²) in [5, 5.41) is 52.5. The van der Waals surface area contributed by atoms with Crippen LogP contribution in [0.4, 0.5) is 11.4 Å². The van der Waals surface area contributed by atoms with E-state index in [1.165, 1.54) is 72.8 Å². The van der Waals surface area contributed by atoms with Crippen LogP contribution < -0.4 is 0 Å². The fourth-order valence-electron chi connectivity index (χ4n) is 8.01. The molecule has 2 N–H and O–H groups in total. The summed E-state index contributed by atoms with van der Waals surface area (Å²) in [5.74, 6) is 0. The SMILES string of the molecule is O=[N+]([O-])C1=Cc2nc1c(-c1c(Cl)cccc1Cl)c1cc([N+](=O)[O-])c([nH]1)c(-c1c(Cl)cccc1Cl)c1nc(c(-c3c(Cl)cccc3Cl)c3cc([N+](=O)[O-])c([nH]3)c2-c2c(Cl)cccc2Cl)C([N+](=O)[O-])=C1. The average molecular weight is 1070 g/mol. The molecule has 0 atom stereocenters. The molecule has 2 aliphatic rings.